The van der Waals surface area contributed by atoms with Crippen molar-refractivity contribution in [1.82, 2.24) is 10.2 Å². The average Bonchev–Trinajstić information content (AvgIpc) is 3.01. The molecule has 5 heteroatoms. The van der Waals surface area contributed by atoms with Crippen molar-refractivity contribution in [2.75, 3.05) is 6.61 Å². The second-order valence-corrected chi connectivity index (χ2v) is 6.45. The number of hydrogen-bond acceptors (Lipinski definition) is 5. The first-order chi connectivity index (χ1) is 10.3. The van der Waals surface area contributed by atoms with Crippen LogP contribution < -0.4 is 0 Å². The van der Waals surface area contributed by atoms with Gasteiger partial charge in [0.05, 0.1) is 17.0 Å². The molecule has 1 saturated carbocycles. The number of nitrogens with zero attached hydrogens (tertiary/aromatic N) is 2. The first-order valence-electron chi connectivity index (χ1n) is 7.38. The molecule has 0 radical (unpaired) electrons. The molecule has 1 aliphatic carbocycles. The van der Waals surface area contributed by atoms with Gasteiger partial charge in [-0.2, -0.15) is 0 Å². The van der Waals surface area contributed by atoms with E-state index in [0.29, 0.717) is 17.6 Å². The number of aromatic nitrogens is 2. The van der Waals surface area contributed by atoms with E-state index in [1.807, 2.05) is 24.3 Å². The SMILES string of the molecule is CCOC(=O)c1nnc2ccccc2c1SC1CCCC1. The van der Waals surface area contributed by atoms with Gasteiger partial charge in [-0.15, -0.1) is 22.0 Å². The summed E-state index contributed by atoms with van der Waals surface area (Å²) in [4.78, 5) is 13.1. The molecule has 1 aromatic carbocycles. The first kappa shape index (κ1) is 14.3. The van der Waals surface area contributed by atoms with Crippen LogP contribution in [0.15, 0.2) is 29.2 Å². The van der Waals surface area contributed by atoms with Gasteiger partial charge in [0.15, 0.2) is 5.69 Å². The van der Waals surface area contributed by atoms with Crippen molar-refractivity contribution >= 4 is 28.6 Å². The average molecular weight is 302 g/mol. The van der Waals surface area contributed by atoms with Gasteiger partial charge in [-0.05, 0) is 25.8 Å². The highest BCUT2D eigenvalue weighted by atomic mass is 32.2. The third-order valence-electron chi connectivity index (χ3n) is 3.68. The van der Waals surface area contributed by atoms with Gasteiger partial charge in [-0.1, -0.05) is 31.0 Å². The Morgan fingerprint density at radius 3 is 2.81 bits per heavy atom. The van der Waals surface area contributed by atoms with Crippen LogP contribution in [0, 0.1) is 0 Å². The molecule has 3 rings (SSSR count). The molecule has 0 amide bonds. The fourth-order valence-corrected chi connectivity index (χ4v) is 4.09. The Morgan fingerprint density at radius 2 is 2.05 bits per heavy atom. The molecule has 2 aromatic rings. The second-order valence-electron chi connectivity index (χ2n) is 5.14. The lowest BCUT2D eigenvalue weighted by atomic mass is 10.2. The summed E-state index contributed by atoms with van der Waals surface area (Å²) >= 11 is 1.76. The highest BCUT2D eigenvalue weighted by Gasteiger charge is 2.24. The molecule has 0 aliphatic heterocycles. The Balaban J connectivity index is 2.05. The lowest BCUT2D eigenvalue weighted by Crippen LogP contribution is -2.11. The number of thioether (sulfide) groups is 1. The monoisotopic (exact) mass is 302 g/mol. The highest BCUT2D eigenvalue weighted by Crippen LogP contribution is 2.39. The molecular weight excluding hydrogens is 284 g/mol. The van der Waals surface area contributed by atoms with E-state index in [-0.39, 0.29) is 5.97 Å². The van der Waals surface area contributed by atoms with E-state index in [9.17, 15) is 4.79 Å². The molecule has 1 aromatic heterocycles. The van der Waals surface area contributed by atoms with Crippen LogP contribution in [0.2, 0.25) is 0 Å². The zero-order chi connectivity index (χ0) is 14.7. The third-order valence-corrected chi connectivity index (χ3v) is 5.13. The molecule has 4 nitrogen and oxygen atoms in total. The fourth-order valence-electron chi connectivity index (χ4n) is 2.65. The molecule has 0 N–H and O–H groups in total. The standard InChI is InChI=1S/C16H18N2O2S/c1-2-20-16(19)14-15(21-11-7-3-4-8-11)12-9-5-6-10-13(12)17-18-14/h5-6,9-11H,2-4,7-8H2,1H3. The quantitative estimate of drug-likeness (QED) is 0.803. The van der Waals surface area contributed by atoms with E-state index in [4.69, 9.17) is 4.74 Å². The van der Waals surface area contributed by atoms with Crippen molar-refractivity contribution in [3.8, 4) is 0 Å². The predicted octanol–water partition coefficient (Wildman–Crippen LogP) is 3.84. The van der Waals surface area contributed by atoms with E-state index in [1.165, 1.54) is 25.7 Å². The lowest BCUT2D eigenvalue weighted by molar-refractivity contribution is 0.0514. The van der Waals surface area contributed by atoms with Crippen LogP contribution in [0.3, 0.4) is 0 Å². The first-order valence-corrected chi connectivity index (χ1v) is 8.26. The smallest absolute Gasteiger partial charge is 0.360 e. The van der Waals surface area contributed by atoms with Crippen LogP contribution in [0.1, 0.15) is 43.1 Å². The topological polar surface area (TPSA) is 52.1 Å². The zero-order valence-electron chi connectivity index (χ0n) is 12.0. The maximum atomic E-state index is 12.1. The highest BCUT2D eigenvalue weighted by molar-refractivity contribution is 8.00. The number of benzene rings is 1. The van der Waals surface area contributed by atoms with E-state index < -0.39 is 0 Å². The molecule has 1 fully saturated rings. The molecule has 0 spiro atoms. The van der Waals surface area contributed by atoms with E-state index in [0.717, 1.165) is 15.8 Å². The number of fused-ring (bicyclic) bond motifs is 1. The summed E-state index contributed by atoms with van der Waals surface area (Å²) in [5.41, 5.74) is 1.18. The number of hydrogen-bond donors (Lipinski definition) is 0. The zero-order valence-corrected chi connectivity index (χ0v) is 12.9. The van der Waals surface area contributed by atoms with Crippen molar-refractivity contribution in [3.05, 3.63) is 30.0 Å². The molecule has 0 unspecified atom stereocenters. The van der Waals surface area contributed by atoms with Crippen LogP contribution >= 0.6 is 11.8 Å². The summed E-state index contributed by atoms with van der Waals surface area (Å²) in [6.45, 7) is 2.15. The van der Waals surface area contributed by atoms with Crippen LogP contribution in [-0.2, 0) is 4.74 Å². The van der Waals surface area contributed by atoms with Gasteiger partial charge in [-0.3, -0.25) is 0 Å². The second kappa shape index (κ2) is 6.43. The van der Waals surface area contributed by atoms with Crippen LogP contribution in [0.25, 0.3) is 10.9 Å². The van der Waals surface area contributed by atoms with Gasteiger partial charge in [0.2, 0.25) is 0 Å². The van der Waals surface area contributed by atoms with E-state index in [2.05, 4.69) is 10.2 Å². The largest absolute Gasteiger partial charge is 0.461 e. The van der Waals surface area contributed by atoms with Crippen LogP contribution in [0.4, 0.5) is 0 Å². The Labute approximate surface area is 128 Å². The Hall–Kier alpha value is -1.62. The van der Waals surface area contributed by atoms with Crippen molar-refractivity contribution in [3.63, 3.8) is 0 Å². The van der Waals surface area contributed by atoms with Crippen molar-refractivity contribution < 1.29 is 9.53 Å². The Bertz CT molecular complexity index is 654. The molecule has 110 valence electrons. The fraction of sp³-hybridized carbons (Fsp3) is 0.438. The normalized spacial score (nSPS) is 15.5. The van der Waals surface area contributed by atoms with Crippen molar-refractivity contribution in [1.29, 1.82) is 0 Å². The maximum absolute atomic E-state index is 12.1. The Kier molecular flexibility index (Phi) is 4.39. The number of ether oxygens (including phenoxy) is 1. The molecule has 0 bridgehead atoms. The maximum Gasteiger partial charge on any atom is 0.360 e. The van der Waals surface area contributed by atoms with Crippen molar-refractivity contribution in [2.24, 2.45) is 0 Å². The van der Waals surface area contributed by atoms with Crippen molar-refractivity contribution in [2.45, 2.75) is 42.8 Å². The lowest BCUT2D eigenvalue weighted by Gasteiger charge is -2.13. The summed E-state index contributed by atoms with van der Waals surface area (Å²) in [6, 6.07) is 7.84. The summed E-state index contributed by atoms with van der Waals surface area (Å²) < 4.78 is 5.13. The number of carbonyl (C=O) groups excluding carboxylic acids is 1. The van der Waals surface area contributed by atoms with Crippen LogP contribution in [0.5, 0.6) is 0 Å². The molecule has 1 aliphatic rings. The molecule has 21 heavy (non-hydrogen) atoms. The van der Waals surface area contributed by atoms with Gasteiger partial charge in [0, 0.05) is 10.6 Å². The Morgan fingerprint density at radius 1 is 1.29 bits per heavy atom. The van der Waals surface area contributed by atoms with Crippen LogP contribution in [-0.4, -0.2) is 28.0 Å². The van der Waals surface area contributed by atoms with Gasteiger partial charge in [0.25, 0.3) is 0 Å². The van der Waals surface area contributed by atoms with Gasteiger partial charge < -0.3 is 4.74 Å². The van der Waals surface area contributed by atoms with Gasteiger partial charge in [-0.25, -0.2) is 4.79 Å². The molecule has 0 atom stereocenters. The molecular formula is C16H18N2O2S. The number of carbonyl (C=O) groups is 1. The third kappa shape index (κ3) is 3.02. The van der Waals surface area contributed by atoms with E-state index >= 15 is 0 Å². The van der Waals surface area contributed by atoms with Gasteiger partial charge in [0.1, 0.15) is 0 Å². The summed E-state index contributed by atoms with van der Waals surface area (Å²) in [5.74, 6) is -0.378. The minimum Gasteiger partial charge on any atom is -0.461 e. The minimum absolute atomic E-state index is 0.348. The molecule has 1 heterocycles. The predicted molar refractivity (Wildman–Crippen MR) is 83.6 cm³/mol. The number of rotatable bonds is 4. The summed E-state index contributed by atoms with van der Waals surface area (Å²) in [7, 11) is 0. The summed E-state index contributed by atoms with van der Waals surface area (Å²) in [6.07, 6.45) is 4.93. The molecule has 0 saturated heterocycles. The summed E-state index contributed by atoms with van der Waals surface area (Å²) in [5, 5.41) is 9.83. The van der Waals surface area contributed by atoms with E-state index in [1.54, 1.807) is 18.7 Å². The van der Waals surface area contributed by atoms with Gasteiger partial charge >= 0.3 is 5.97 Å². The number of esters is 1. The minimum atomic E-state index is -0.378.